The molecular weight excluding hydrogens is 360 g/mol. The first-order valence-corrected chi connectivity index (χ1v) is 10.3. The highest BCUT2D eigenvalue weighted by molar-refractivity contribution is 6.33. The first-order chi connectivity index (χ1) is 14.0. The number of ether oxygens (including phenoxy) is 1. The fourth-order valence-corrected chi connectivity index (χ4v) is 5.02. The van der Waals surface area contributed by atoms with Gasteiger partial charge in [0.15, 0.2) is 5.78 Å². The molecule has 0 atom stereocenters. The third-order valence-electron chi connectivity index (χ3n) is 6.65. The highest BCUT2D eigenvalue weighted by Crippen LogP contribution is 2.50. The Balaban J connectivity index is 1.55. The largest absolute Gasteiger partial charge is 0.490 e. The molecule has 2 aromatic rings. The monoisotopic (exact) mass is 384 g/mol. The van der Waals surface area contributed by atoms with E-state index >= 15 is 0 Å². The third kappa shape index (κ3) is 2.81. The van der Waals surface area contributed by atoms with Gasteiger partial charge in [0.05, 0.1) is 11.6 Å². The van der Waals surface area contributed by atoms with Crippen molar-refractivity contribution in [1.82, 2.24) is 5.32 Å². The van der Waals surface area contributed by atoms with Gasteiger partial charge in [0.1, 0.15) is 11.9 Å². The van der Waals surface area contributed by atoms with Crippen LogP contribution in [0, 0.1) is 11.3 Å². The quantitative estimate of drug-likeness (QED) is 0.844. The number of hydrogen-bond donors (Lipinski definition) is 1. The molecule has 2 aromatic carbocycles. The lowest BCUT2D eigenvalue weighted by molar-refractivity contribution is 0.104. The van der Waals surface area contributed by atoms with Crippen molar-refractivity contribution in [2.24, 2.45) is 0 Å². The zero-order valence-electron chi connectivity index (χ0n) is 16.8. The molecule has 2 aliphatic carbocycles. The maximum absolute atomic E-state index is 13.6. The summed E-state index contributed by atoms with van der Waals surface area (Å²) in [5.41, 5.74) is 6.25. The van der Waals surface area contributed by atoms with E-state index in [2.05, 4.69) is 31.3 Å². The smallest absolute Gasteiger partial charge is 0.194 e. The second kappa shape index (κ2) is 6.57. The van der Waals surface area contributed by atoms with E-state index in [0.717, 1.165) is 71.5 Å². The second-order valence-corrected chi connectivity index (χ2v) is 8.74. The third-order valence-corrected chi connectivity index (χ3v) is 6.65. The van der Waals surface area contributed by atoms with Gasteiger partial charge in [-0.05, 0) is 78.9 Å². The molecule has 146 valence electrons. The number of Topliss-reactive ketones (excluding diaryl/α,β-unsaturated/α-hetero) is 1. The van der Waals surface area contributed by atoms with Crippen LogP contribution in [0.15, 0.2) is 42.0 Å². The molecule has 29 heavy (non-hydrogen) atoms. The molecule has 0 bridgehead atoms. The van der Waals surface area contributed by atoms with E-state index in [9.17, 15) is 10.1 Å². The number of fused-ring (bicyclic) bond motifs is 3. The molecule has 0 aromatic heterocycles. The summed E-state index contributed by atoms with van der Waals surface area (Å²) in [5, 5.41) is 12.6. The Labute approximate surface area is 171 Å². The summed E-state index contributed by atoms with van der Waals surface area (Å²) in [6.45, 7) is 6.33. The molecule has 3 aliphatic rings. The van der Waals surface area contributed by atoms with Gasteiger partial charge in [0, 0.05) is 16.6 Å². The molecule has 1 aliphatic heterocycles. The van der Waals surface area contributed by atoms with Crippen LogP contribution in [0.5, 0.6) is 5.75 Å². The number of benzene rings is 2. The predicted octanol–water partition coefficient (Wildman–Crippen LogP) is 4.17. The van der Waals surface area contributed by atoms with Gasteiger partial charge in [-0.3, -0.25) is 4.79 Å². The van der Waals surface area contributed by atoms with Gasteiger partial charge in [-0.25, -0.2) is 0 Å². The summed E-state index contributed by atoms with van der Waals surface area (Å²) in [6.07, 6.45) is 2.90. The SMILES string of the molecule is CC1(C)C2=C(C(=O)c3cc(OC4CCNCC4)ccc31)c1ccc(C#N)cc1C2. The average Bonchev–Trinajstić information content (AvgIpc) is 3.13. The first kappa shape index (κ1) is 18.1. The lowest BCUT2D eigenvalue weighted by atomic mass is 9.68. The Morgan fingerprint density at radius 1 is 1.10 bits per heavy atom. The van der Waals surface area contributed by atoms with E-state index in [1.165, 1.54) is 0 Å². The minimum absolute atomic E-state index is 0.0774. The number of hydrogen-bond acceptors (Lipinski definition) is 4. The van der Waals surface area contributed by atoms with E-state index in [-0.39, 0.29) is 17.3 Å². The number of carbonyl (C=O) groups is 1. The first-order valence-electron chi connectivity index (χ1n) is 10.3. The van der Waals surface area contributed by atoms with Crippen LogP contribution in [0.25, 0.3) is 5.57 Å². The number of nitriles is 1. The fraction of sp³-hybridized carbons (Fsp3) is 0.360. The van der Waals surface area contributed by atoms with Gasteiger partial charge in [0.2, 0.25) is 0 Å². The molecular formula is C25H24N2O2. The minimum Gasteiger partial charge on any atom is -0.490 e. The highest BCUT2D eigenvalue weighted by Gasteiger charge is 2.42. The lowest BCUT2D eigenvalue weighted by Gasteiger charge is -2.34. The molecule has 0 spiro atoms. The molecule has 0 saturated carbocycles. The molecule has 5 rings (SSSR count). The van der Waals surface area contributed by atoms with Crippen LogP contribution in [0.1, 0.15) is 59.3 Å². The number of piperidine rings is 1. The minimum atomic E-state index is -0.238. The topological polar surface area (TPSA) is 62.1 Å². The average molecular weight is 384 g/mol. The summed E-state index contributed by atoms with van der Waals surface area (Å²) in [5.74, 6) is 0.857. The number of carbonyl (C=O) groups excluding carboxylic acids is 1. The van der Waals surface area contributed by atoms with Gasteiger partial charge in [-0.2, -0.15) is 5.26 Å². The second-order valence-electron chi connectivity index (χ2n) is 8.74. The van der Waals surface area contributed by atoms with Crippen molar-refractivity contribution in [3.05, 3.63) is 69.8 Å². The number of nitrogens with one attached hydrogen (secondary N) is 1. The van der Waals surface area contributed by atoms with Crippen LogP contribution in [-0.2, 0) is 11.8 Å². The summed E-state index contributed by atoms with van der Waals surface area (Å²) >= 11 is 0. The van der Waals surface area contributed by atoms with Crippen LogP contribution in [0.2, 0.25) is 0 Å². The Hall–Kier alpha value is -2.90. The summed E-state index contributed by atoms with van der Waals surface area (Å²) in [7, 11) is 0. The number of rotatable bonds is 2. The van der Waals surface area contributed by atoms with Crippen LogP contribution in [0.4, 0.5) is 0 Å². The molecule has 4 heteroatoms. The van der Waals surface area contributed by atoms with Crippen LogP contribution >= 0.6 is 0 Å². The van der Waals surface area contributed by atoms with Crippen molar-refractivity contribution in [3.63, 3.8) is 0 Å². The molecule has 1 N–H and O–H groups in total. The summed E-state index contributed by atoms with van der Waals surface area (Å²) in [4.78, 5) is 13.6. The number of ketones is 1. The van der Waals surface area contributed by atoms with Crippen molar-refractivity contribution in [2.45, 2.75) is 44.6 Å². The van der Waals surface area contributed by atoms with Crippen molar-refractivity contribution >= 4 is 11.4 Å². The maximum atomic E-state index is 13.6. The Bertz CT molecular complexity index is 1100. The van der Waals surface area contributed by atoms with Crippen molar-refractivity contribution in [1.29, 1.82) is 5.26 Å². The molecule has 4 nitrogen and oxygen atoms in total. The molecule has 0 unspecified atom stereocenters. The van der Waals surface area contributed by atoms with E-state index in [1.807, 2.05) is 24.3 Å². The highest BCUT2D eigenvalue weighted by atomic mass is 16.5. The Morgan fingerprint density at radius 3 is 2.66 bits per heavy atom. The van der Waals surface area contributed by atoms with E-state index in [0.29, 0.717) is 5.56 Å². The molecule has 1 saturated heterocycles. The number of nitrogens with zero attached hydrogens (tertiary/aromatic N) is 1. The van der Waals surface area contributed by atoms with Crippen molar-refractivity contribution in [3.8, 4) is 11.8 Å². The van der Waals surface area contributed by atoms with Crippen molar-refractivity contribution in [2.75, 3.05) is 13.1 Å². The zero-order chi connectivity index (χ0) is 20.2. The van der Waals surface area contributed by atoms with Gasteiger partial charge in [-0.1, -0.05) is 26.0 Å². The zero-order valence-corrected chi connectivity index (χ0v) is 16.8. The standard InChI is InChI=1S/C25H24N2O2/c1-25(2)21-6-4-18(29-17-7-9-27-10-8-17)13-20(21)24(28)23-19-5-3-15(14-26)11-16(19)12-22(23)25/h3-6,11,13,17,27H,7-10,12H2,1-2H3. The Morgan fingerprint density at radius 2 is 1.90 bits per heavy atom. The van der Waals surface area contributed by atoms with Crippen LogP contribution in [0.3, 0.4) is 0 Å². The summed E-state index contributed by atoms with van der Waals surface area (Å²) < 4.78 is 6.20. The molecule has 0 radical (unpaired) electrons. The van der Waals surface area contributed by atoms with Gasteiger partial charge in [0.25, 0.3) is 0 Å². The molecule has 1 heterocycles. The van der Waals surface area contributed by atoms with Gasteiger partial charge < -0.3 is 10.1 Å². The normalized spacial score (nSPS) is 20.0. The van der Waals surface area contributed by atoms with E-state index in [4.69, 9.17) is 4.74 Å². The fourth-order valence-electron chi connectivity index (χ4n) is 5.02. The maximum Gasteiger partial charge on any atom is 0.194 e. The van der Waals surface area contributed by atoms with Gasteiger partial charge in [-0.15, -0.1) is 0 Å². The van der Waals surface area contributed by atoms with Crippen LogP contribution in [-0.4, -0.2) is 25.0 Å². The summed E-state index contributed by atoms with van der Waals surface area (Å²) in [6, 6.07) is 13.9. The van der Waals surface area contributed by atoms with Crippen molar-refractivity contribution < 1.29 is 9.53 Å². The molecule has 1 fully saturated rings. The van der Waals surface area contributed by atoms with Crippen LogP contribution < -0.4 is 10.1 Å². The molecule has 0 amide bonds. The van der Waals surface area contributed by atoms with Gasteiger partial charge >= 0.3 is 0 Å². The predicted molar refractivity (Wildman–Crippen MR) is 112 cm³/mol. The Kier molecular flexibility index (Phi) is 4.11. The lowest BCUT2D eigenvalue weighted by Crippen LogP contribution is -2.34. The number of allylic oxidation sites excluding steroid dienone is 2. The van der Waals surface area contributed by atoms with E-state index in [1.54, 1.807) is 6.07 Å². The van der Waals surface area contributed by atoms with E-state index < -0.39 is 0 Å².